The van der Waals surface area contributed by atoms with Crippen LogP contribution in [0.2, 0.25) is 0 Å². The van der Waals surface area contributed by atoms with E-state index >= 15 is 0 Å². The fourth-order valence-corrected chi connectivity index (χ4v) is 5.49. The first-order valence-corrected chi connectivity index (χ1v) is 14.2. The number of aliphatic hydroxyl groups excluding tert-OH is 2. The van der Waals surface area contributed by atoms with Gasteiger partial charge in [-0.05, 0) is 37.5 Å². The molecule has 6 rings (SSSR count). The number of piperidine rings is 1. The Hall–Kier alpha value is -4.00. The summed E-state index contributed by atoms with van der Waals surface area (Å²) in [6.07, 6.45) is -0.645. The maximum Gasteiger partial charge on any atom is 0.410 e. The zero-order chi connectivity index (χ0) is 29.5. The number of carbonyl (C=O) groups excluding carboxylic acids is 3. The van der Waals surface area contributed by atoms with E-state index in [4.69, 9.17) is 15.2 Å². The van der Waals surface area contributed by atoms with Crippen LogP contribution >= 0.6 is 0 Å². The van der Waals surface area contributed by atoms with Crippen molar-refractivity contribution in [3.63, 3.8) is 0 Å². The summed E-state index contributed by atoms with van der Waals surface area (Å²) < 4.78 is 12.6. The standard InChI is InChI=1S/C27H34N8O7/c1-33-10-9-16(25(33)39)41-27(40)34-11-7-14(8-12-34)3-2-4-17-31-22(28)18-23(32-17)35(13-29-18)26-20(37)19(36)21(42-26)24(38)30-15-5-6-15/h13-16,19-21,26,36-37H,3,5-12H2,1H3,(H,30,38)(H2,28,31,32)/t16?,19?,20-,21-,26+/m0/s1. The smallest absolute Gasteiger partial charge is 0.410 e. The summed E-state index contributed by atoms with van der Waals surface area (Å²) in [5, 5.41) is 23.9. The van der Waals surface area contributed by atoms with E-state index in [1.54, 1.807) is 16.8 Å². The molecule has 1 saturated carbocycles. The lowest BCUT2D eigenvalue weighted by molar-refractivity contribution is -0.137. The van der Waals surface area contributed by atoms with Gasteiger partial charge in [0, 0.05) is 45.6 Å². The van der Waals surface area contributed by atoms with Crippen molar-refractivity contribution in [3.05, 3.63) is 12.2 Å². The van der Waals surface area contributed by atoms with Crippen molar-refractivity contribution in [2.75, 3.05) is 32.4 Å². The van der Waals surface area contributed by atoms with Gasteiger partial charge in [0.05, 0.1) is 6.33 Å². The van der Waals surface area contributed by atoms with Gasteiger partial charge >= 0.3 is 6.09 Å². The number of anilines is 1. The minimum absolute atomic E-state index is 0.0762. The van der Waals surface area contributed by atoms with Gasteiger partial charge < -0.3 is 40.5 Å². The molecule has 0 spiro atoms. The number of nitrogen functional groups attached to an aromatic ring is 1. The van der Waals surface area contributed by atoms with Crippen LogP contribution in [-0.2, 0) is 19.1 Å². The normalized spacial score (nSPS) is 28.2. The number of likely N-dealkylation sites (tertiary alicyclic amines) is 2. The molecule has 4 aliphatic rings. The summed E-state index contributed by atoms with van der Waals surface area (Å²) >= 11 is 0. The Bertz CT molecular complexity index is 1440. The molecule has 4 fully saturated rings. The highest BCUT2D eigenvalue weighted by Crippen LogP contribution is 2.33. The second-order valence-electron chi connectivity index (χ2n) is 11.3. The molecule has 42 heavy (non-hydrogen) atoms. The number of hydrogen-bond donors (Lipinski definition) is 4. The first-order valence-electron chi connectivity index (χ1n) is 14.2. The van der Waals surface area contributed by atoms with Crippen LogP contribution in [0.25, 0.3) is 11.2 Å². The molecule has 0 aromatic carbocycles. The average molecular weight is 583 g/mol. The van der Waals surface area contributed by atoms with E-state index < -0.39 is 42.6 Å². The SMILES string of the molecule is CN1CCC(OC(=O)N2CCC(CC#Cc3nc(N)c4ncn([C@@H]5O[C@H](C(=O)NC6CC6)C(O)[C@@H]5O)c4n3)CC2)C1=O. The lowest BCUT2D eigenvalue weighted by Gasteiger charge is -2.31. The minimum Gasteiger partial charge on any atom is -0.436 e. The predicted octanol–water partition coefficient (Wildman–Crippen LogP) is -0.873. The first kappa shape index (κ1) is 28.1. The van der Waals surface area contributed by atoms with Crippen LogP contribution in [0.15, 0.2) is 6.33 Å². The van der Waals surface area contributed by atoms with E-state index in [1.807, 2.05) is 0 Å². The van der Waals surface area contributed by atoms with Crippen LogP contribution in [0.3, 0.4) is 0 Å². The number of nitrogens with one attached hydrogen (secondary N) is 1. The lowest BCUT2D eigenvalue weighted by Crippen LogP contribution is -2.43. The zero-order valence-corrected chi connectivity index (χ0v) is 23.2. The molecule has 0 bridgehead atoms. The summed E-state index contributed by atoms with van der Waals surface area (Å²) in [7, 11) is 1.70. The fraction of sp³-hybridized carbons (Fsp3) is 0.630. The molecule has 2 aromatic heterocycles. The minimum atomic E-state index is -1.43. The quantitative estimate of drug-likeness (QED) is 0.320. The van der Waals surface area contributed by atoms with Gasteiger partial charge in [-0.1, -0.05) is 5.92 Å². The number of aliphatic hydroxyl groups is 2. The highest BCUT2D eigenvalue weighted by atomic mass is 16.6. The molecule has 3 aliphatic heterocycles. The lowest BCUT2D eigenvalue weighted by atomic mass is 9.94. The predicted molar refractivity (Wildman–Crippen MR) is 145 cm³/mol. The molecule has 1 aliphatic carbocycles. The van der Waals surface area contributed by atoms with Crippen molar-refractivity contribution < 1.29 is 34.1 Å². The average Bonchev–Trinajstić information content (AvgIpc) is 3.50. The number of likely N-dealkylation sites (N-methyl/N-ethyl adjacent to an activating group) is 1. The Labute approximate surface area is 241 Å². The number of carbonyl (C=O) groups is 3. The summed E-state index contributed by atoms with van der Waals surface area (Å²) in [6.45, 7) is 1.62. The molecule has 0 radical (unpaired) electrons. The monoisotopic (exact) mass is 582 g/mol. The topological polar surface area (TPSA) is 198 Å². The van der Waals surface area contributed by atoms with E-state index in [0.29, 0.717) is 32.5 Å². The van der Waals surface area contributed by atoms with E-state index in [9.17, 15) is 24.6 Å². The summed E-state index contributed by atoms with van der Waals surface area (Å²) in [6, 6.07) is 0.0762. The van der Waals surface area contributed by atoms with E-state index in [2.05, 4.69) is 32.1 Å². The molecule has 2 unspecified atom stereocenters. The van der Waals surface area contributed by atoms with Crippen LogP contribution in [0.4, 0.5) is 10.6 Å². The van der Waals surface area contributed by atoms with Gasteiger partial charge in [0.25, 0.3) is 11.8 Å². The van der Waals surface area contributed by atoms with Crippen molar-refractivity contribution in [1.82, 2.24) is 34.6 Å². The third kappa shape index (κ3) is 5.57. The number of fused-ring (bicyclic) bond motifs is 1. The third-order valence-corrected chi connectivity index (χ3v) is 8.23. The van der Waals surface area contributed by atoms with Gasteiger partial charge in [-0.15, -0.1) is 0 Å². The van der Waals surface area contributed by atoms with Crippen LogP contribution in [0, 0.1) is 17.8 Å². The van der Waals surface area contributed by atoms with Gasteiger partial charge in [-0.2, -0.15) is 0 Å². The van der Waals surface area contributed by atoms with Crippen LogP contribution in [0.5, 0.6) is 0 Å². The molecule has 5 N–H and O–H groups in total. The van der Waals surface area contributed by atoms with E-state index in [-0.39, 0.29) is 40.7 Å². The molecule has 5 heterocycles. The summed E-state index contributed by atoms with van der Waals surface area (Å²) in [4.78, 5) is 53.1. The second kappa shape index (κ2) is 11.3. The van der Waals surface area contributed by atoms with Gasteiger partial charge in [-0.3, -0.25) is 14.2 Å². The molecule has 15 nitrogen and oxygen atoms in total. The molecule has 3 saturated heterocycles. The number of rotatable bonds is 5. The number of imidazole rings is 1. The highest BCUT2D eigenvalue weighted by molar-refractivity contribution is 5.85. The molecular formula is C27H34N8O7. The largest absolute Gasteiger partial charge is 0.436 e. The highest BCUT2D eigenvalue weighted by Gasteiger charge is 2.48. The summed E-state index contributed by atoms with van der Waals surface area (Å²) in [5.41, 5.74) is 6.65. The van der Waals surface area contributed by atoms with Gasteiger partial charge in [0.1, 0.15) is 17.7 Å². The van der Waals surface area contributed by atoms with Crippen LogP contribution in [0.1, 0.15) is 50.6 Å². The van der Waals surface area contributed by atoms with Crippen molar-refractivity contribution in [2.24, 2.45) is 5.92 Å². The third-order valence-electron chi connectivity index (χ3n) is 8.23. The molecule has 224 valence electrons. The first-order chi connectivity index (χ1) is 20.2. The van der Waals surface area contributed by atoms with Crippen molar-refractivity contribution in [1.29, 1.82) is 0 Å². The Kier molecular flexibility index (Phi) is 7.60. The van der Waals surface area contributed by atoms with E-state index in [1.165, 1.54) is 10.9 Å². The van der Waals surface area contributed by atoms with Crippen molar-refractivity contribution >= 4 is 34.9 Å². The number of amides is 3. The summed E-state index contributed by atoms with van der Waals surface area (Å²) in [5.74, 6) is 5.91. The molecule has 2 aromatic rings. The van der Waals surface area contributed by atoms with Crippen molar-refractivity contribution in [3.8, 4) is 11.8 Å². The van der Waals surface area contributed by atoms with Gasteiger partial charge in [-0.25, -0.2) is 19.7 Å². The Morgan fingerprint density at radius 3 is 2.60 bits per heavy atom. The van der Waals surface area contributed by atoms with Gasteiger partial charge in [0.15, 0.2) is 29.9 Å². The maximum atomic E-state index is 12.5. The molecular weight excluding hydrogens is 548 g/mol. The van der Waals surface area contributed by atoms with Gasteiger partial charge in [0.2, 0.25) is 5.82 Å². The Morgan fingerprint density at radius 1 is 1.14 bits per heavy atom. The maximum absolute atomic E-state index is 12.5. The fourth-order valence-electron chi connectivity index (χ4n) is 5.49. The number of nitrogens with two attached hydrogens (primary N) is 1. The van der Waals surface area contributed by atoms with Crippen molar-refractivity contribution in [2.45, 2.75) is 75.2 Å². The number of nitrogens with zero attached hydrogens (tertiary/aromatic N) is 6. The Balaban J connectivity index is 1.07. The number of hydrogen-bond acceptors (Lipinski definition) is 11. The van der Waals surface area contributed by atoms with Crippen LogP contribution < -0.4 is 11.1 Å². The van der Waals surface area contributed by atoms with E-state index in [0.717, 1.165) is 25.7 Å². The zero-order valence-electron chi connectivity index (χ0n) is 23.2. The molecule has 15 heteroatoms. The molecule has 5 atom stereocenters. The number of aromatic nitrogens is 4. The Morgan fingerprint density at radius 2 is 1.90 bits per heavy atom. The van der Waals surface area contributed by atoms with Crippen LogP contribution in [-0.4, -0.2) is 115 Å². The second-order valence-corrected chi connectivity index (χ2v) is 11.3. The number of ether oxygens (including phenoxy) is 2. The molecule has 3 amide bonds.